The lowest BCUT2D eigenvalue weighted by atomic mass is 10.2. The van der Waals surface area contributed by atoms with Crippen LogP contribution in [-0.2, 0) is 11.3 Å². The molecule has 0 saturated heterocycles. The maximum absolute atomic E-state index is 12.4. The predicted molar refractivity (Wildman–Crippen MR) is 96.0 cm³/mol. The van der Waals surface area contributed by atoms with Gasteiger partial charge in [0, 0.05) is 21.6 Å². The minimum Gasteiger partial charge on any atom is -0.495 e. The Bertz CT molecular complexity index is 957. The smallest absolute Gasteiger partial charge is 0.244 e. The maximum Gasteiger partial charge on any atom is 0.244 e. The molecule has 6 heteroatoms. The third-order valence-corrected chi connectivity index (χ3v) is 4.15. The van der Waals surface area contributed by atoms with Crippen molar-refractivity contribution < 1.29 is 9.53 Å². The molecule has 0 unspecified atom stereocenters. The fraction of sp³-hybridized carbons (Fsp3) is 0.111. The summed E-state index contributed by atoms with van der Waals surface area (Å²) in [6.45, 7) is 0.109. The number of amides is 1. The van der Waals surface area contributed by atoms with Crippen molar-refractivity contribution in [2.75, 3.05) is 12.4 Å². The summed E-state index contributed by atoms with van der Waals surface area (Å²) in [7, 11) is 1.56. The van der Waals surface area contributed by atoms with Crippen LogP contribution in [0.4, 0.5) is 5.69 Å². The number of nitrogens with zero attached hydrogens (tertiary/aromatic N) is 2. The second kappa shape index (κ2) is 6.77. The van der Waals surface area contributed by atoms with Crippen LogP contribution in [0.3, 0.4) is 0 Å². The number of ether oxygens (including phenoxy) is 1. The number of fused-ring (bicyclic) bond motifs is 1. The molecule has 0 bridgehead atoms. The van der Waals surface area contributed by atoms with Crippen molar-refractivity contribution >= 4 is 38.4 Å². The van der Waals surface area contributed by atoms with Crippen LogP contribution in [0.5, 0.6) is 5.75 Å². The lowest BCUT2D eigenvalue weighted by molar-refractivity contribution is -0.116. The van der Waals surface area contributed by atoms with Crippen molar-refractivity contribution in [3.05, 3.63) is 58.7 Å². The first kappa shape index (κ1) is 16.1. The molecule has 1 heterocycles. The minimum absolute atomic E-state index is 0.109. The topological polar surface area (TPSA) is 67.0 Å². The van der Waals surface area contributed by atoms with E-state index in [-0.39, 0.29) is 12.5 Å². The molecule has 0 aliphatic heterocycles. The van der Waals surface area contributed by atoms with E-state index >= 15 is 0 Å². The Balaban J connectivity index is 1.87. The van der Waals surface area contributed by atoms with Crippen LogP contribution < -0.4 is 10.1 Å². The normalized spacial score (nSPS) is 10.4. The van der Waals surface area contributed by atoms with E-state index in [0.717, 1.165) is 15.4 Å². The number of halogens is 1. The van der Waals surface area contributed by atoms with Crippen molar-refractivity contribution in [2.45, 2.75) is 6.54 Å². The third-order valence-electron chi connectivity index (χ3n) is 3.66. The number of benzene rings is 2. The van der Waals surface area contributed by atoms with Gasteiger partial charge in [0.05, 0.1) is 18.4 Å². The summed E-state index contributed by atoms with van der Waals surface area (Å²) >= 11 is 3.40. The molecule has 3 rings (SSSR count). The second-order valence-corrected chi connectivity index (χ2v) is 6.11. The van der Waals surface area contributed by atoms with Gasteiger partial charge < -0.3 is 14.6 Å². The SMILES string of the molecule is COc1ccccc1NC(=O)Cn1cc(C#N)c2cc(Br)ccc21. The first-order valence-corrected chi connectivity index (χ1v) is 8.03. The molecule has 0 spiro atoms. The number of hydrogen-bond acceptors (Lipinski definition) is 3. The van der Waals surface area contributed by atoms with Crippen molar-refractivity contribution in [1.82, 2.24) is 4.57 Å². The van der Waals surface area contributed by atoms with E-state index in [1.165, 1.54) is 0 Å². The number of anilines is 1. The Hall–Kier alpha value is -2.78. The Morgan fingerprint density at radius 1 is 1.33 bits per heavy atom. The van der Waals surface area contributed by atoms with Crippen molar-refractivity contribution in [3.63, 3.8) is 0 Å². The largest absolute Gasteiger partial charge is 0.495 e. The van der Waals surface area contributed by atoms with Gasteiger partial charge in [0.2, 0.25) is 5.91 Å². The summed E-state index contributed by atoms with van der Waals surface area (Å²) in [6.07, 6.45) is 1.69. The van der Waals surface area contributed by atoms with Crippen LogP contribution in [-0.4, -0.2) is 17.6 Å². The van der Waals surface area contributed by atoms with Gasteiger partial charge in [-0.05, 0) is 30.3 Å². The van der Waals surface area contributed by atoms with Crippen molar-refractivity contribution in [3.8, 4) is 11.8 Å². The van der Waals surface area contributed by atoms with Crippen molar-refractivity contribution in [2.24, 2.45) is 0 Å². The molecule has 0 aliphatic rings. The second-order valence-electron chi connectivity index (χ2n) is 5.19. The number of carbonyl (C=O) groups is 1. The summed E-state index contributed by atoms with van der Waals surface area (Å²) in [4.78, 5) is 12.4. The number of aromatic nitrogens is 1. The van der Waals surface area contributed by atoms with Gasteiger partial charge in [-0.3, -0.25) is 4.79 Å². The van der Waals surface area contributed by atoms with Crippen LogP contribution in [0.25, 0.3) is 10.9 Å². The summed E-state index contributed by atoms with van der Waals surface area (Å²) in [5.74, 6) is 0.411. The lowest BCUT2D eigenvalue weighted by Gasteiger charge is -2.10. The number of nitrogens with one attached hydrogen (secondary N) is 1. The predicted octanol–water partition coefficient (Wildman–Crippen LogP) is 3.92. The fourth-order valence-electron chi connectivity index (χ4n) is 2.58. The van der Waals surface area contributed by atoms with Crippen LogP contribution in [0.1, 0.15) is 5.56 Å². The van der Waals surface area contributed by atoms with E-state index in [1.807, 2.05) is 30.3 Å². The zero-order valence-electron chi connectivity index (χ0n) is 12.9. The summed E-state index contributed by atoms with van der Waals surface area (Å²) in [6, 6.07) is 15.0. The van der Waals surface area contributed by atoms with E-state index < -0.39 is 0 Å². The van der Waals surface area contributed by atoms with E-state index in [4.69, 9.17) is 4.74 Å². The van der Waals surface area contributed by atoms with E-state index in [1.54, 1.807) is 30.0 Å². The van der Waals surface area contributed by atoms with Gasteiger partial charge in [0.25, 0.3) is 0 Å². The zero-order chi connectivity index (χ0) is 17.1. The quantitative estimate of drug-likeness (QED) is 0.742. The highest BCUT2D eigenvalue weighted by Gasteiger charge is 2.12. The molecule has 0 atom stereocenters. The zero-order valence-corrected chi connectivity index (χ0v) is 14.5. The number of hydrogen-bond donors (Lipinski definition) is 1. The van der Waals surface area contributed by atoms with Gasteiger partial charge in [0.15, 0.2) is 0 Å². The molecule has 2 aromatic carbocycles. The Morgan fingerprint density at radius 2 is 2.12 bits per heavy atom. The van der Waals surface area contributed by atoms with E-state index in [2.05, 4.69) is 27.3 Å². The highest BCUT2D eigenvalue weighted by atomic mass is 79.9. The van der Waals surface area contributed by atoms with Gasteiger partial charge in [-0.15, -0.1) is 0 Å². The average Bonchev–Trinajstić information content (AvgIpc) is 2.92. The third kappa shape index (κ3) is 3.12. The van der Waals surface area contributed by atoms with E-state index in [9.17, 15) is 10.1 Å². The first-order valence-electron chi connectivity index (χ1n) is 7.23. The highest BCUT2D eigenvalue weighted by Crippen LogP contribution is 2.26. The Morgan fingerprint density at radius 3 is 2.88 bits per heavy atom. The molecular weight excluding hydrogens is 370 g/mol. The number of nitriles is 1. The molecule has 5 nitrogen and oxygen atoms in total. The van der Waals surface area contributed by atoms with Crippen LogP contribution in [0, 0.1) is 11.3 Å². The molecule has 1 N–H and O–H groups in total. The number of para-hydroxylation sites is 2. The van der Waals surface area contributed by atoms with Gasteiger partial charge >= 0.3 is 0 Å². The molecule has 1 amide bonds. The molecule has 0 saturated carbocycles. The molecule has 0 radical (unpaired) electrons. The molecule has 0 fully saturated rings. The number of methoxy groups -OCH3 is 1. The van der Waals surface area contributed by atoms with Gasteiger partial charge in [0.1, 0.15) is 18.4 Å². The van der Waals surface area contributed by atoms with E-state index in [0.29, 0.717) is 17.0 Å². The van der Waals surface area contributed by atoms with Crippen LogP contribution in [0.2, 0.25) is 0 Å². The molecular formula is C18H14BrN3O2. The summed E-state index contributed by atoms with van der Waals surface area (Å²) in [5, 5.41) is 12.9. The van der Waals surface area contributed by atoms with Crippen LogP contribution in [0.15, 0.2) is 53.1 Å². The highest BCUT2D eigenvalue weighted by molar-refractivity contribution is 9.10. The molecule has 3 aromatic rings. The van der Waals surface area contributed by atoms with Crippen molar-refractivity contribution in [1.29, 1.82) is 5.26 Å². The standard InChI is InChI=1S/C18H14BrN3O2/c1-24-17-5-3-2-4-15(17)21-18(23)11-22-10-12(9-20)14-8-13(19)6-7-16(14)22/h2-8,10H,11H2,1H3,(H,21,23). The van der Waals surface area contributed by atoms with Gasteiger partial charge in [-0.2, -0.15) is 5.26 Å². The van der Waals surface area contributed by atoms with Crippen LogP contribution >= 0.6 is 15.9 Å². The number of carbonyl (C=O) groups excluding carboxylic acids is 1. The minimum atomic E-state index is -0.191. The lowest BCUT2D eigenvalue weighted by Crippen LogP contribution is -2.18. The molecule has 1 aromatic heterocycles. The fourth-order valence-corrected chi connectivity index (χ4v) is 2.94. The Kier molecular flexibility index (Phi) is 4.54. The van der Waals surface area contributed by atoms with Gasteiger partial charge in [-0.25, -0.2) is 0 Å². The summed E-state index contributed by atoms with van der Waals surface area (Å²) in [5.41, 5.74) is 1.99. The van der Waals surface area contributed by atoms with Gasteiger partial charge in [-0.1, -0.05) is 28.1 Å². The Labute approximate surface area is 147 Å². The number of rotatable bonds is 4. The molecule has 0 aliphatic carbocycles. The summed E-state index contributed by atoms with van der Waals surface area (Å²) < 4.78 is 7.89. The first-order chi connectivity index (χ1) is 11.6. The monoisotopic (exact) mass is 383 g/mol. The molecule has 120 valence electrons. The average molecular weight is 384 g/mol. The molecule has 24 heavy (non-hydrogen) atoms. The maximum atomic E-state index is 12.4.